The summed E-state index contributed by atoms with van der Waals surface area (Å²) in [6.07, 6.45) is 4.37. The molecule has 2 rings (SSSR count). The van der Waals surface area contributed by atoms with Crippen molar-refractivity contribution in [3.8, 4) is 0 Å². The zero-order valence-electron chi connectivity index (χ0n) is 11.1. The lowest BCUT2D eigenvalue weighted by molar-refractivity contribution is 0.188. The van der Waals surface area contributed by atoms with Crippen molar-refractivity contribution in [2.75, 3.05) is 20.1 Å². The molecule has 0 saturated carbocycles. The van der Waals surface area contributed by atoms with Gasteiger partial charge in [0.2, 0.25) is 0 Å². The molecule has 0 radical (unpaired) electrons. The molecule has 1 fully saturated rings. The van der Waals surface area contributed by atoms with Crippen LogP contribution >= 0.6 is 0 Å². The van der Waals surface area contributed by atoms with E-state index in [4.69, 9.17) is 0 Å². The fourth-order valence-corrected chi connectivity index (χ4v) is 2.37. The maximum Gasteiger partial charge on any atom is 0.147 e. The first kappa shape index (κ1) is 12.5. The third-order valence-corrected chi connectivity index (χ3v) is 3.49. The summed E-state index contributed by atoms with van der Waals surface area (Å²) in [4.78, 5) is 2.38. The molecule has 0 aromatic carbocycles. The number of nitrogens with one attached hydrogen (secondary N) is 1. The Kier molecular flexibility index (Phi) is 4.12. The van der Waals surface area contributed by atoms with E-state index in [1.54, 1.807) is 0 Å². The first-order chi connectivity index (χ1) is 8.18. The van der Waals surface area contributed by atoms with Crippen LogP contribution in [-0.2, 0) is 6.54 Å². The summed E-state index contributed by atoms with van der Waals surface area (Å²) in [7, 11) is 2.18. The lowest BCUT2D eigenvalue weighted by Gasteiger charge is -2.31. The van der Waals surface area contributed by atoms with Gasteiger partial charge in [-0.15, -0.1) is 10.2 Å². The van der Waals surface area contributed by atoms with E-state index in [0.29, 0.717) is 12.1 Å². The van der Waals surface area contributed by atoms with Crippen LogP contribution in [0.2, 0.25) is 0 Å². The van der Waals surface area contributed by atoms with Gasteiger partial charge in [-0.1, -0.05) is 0 Å². The van der Waals surface area contributed by atoms with Gasteiger partial charge in [0.1, 0.15) is 12.2 Å². The number of nitrogens with zero attached hydrogens (tertiary/aromatic N) is 4. The molecule has 1 atom stereocenters. The summed E-state index contributed by atoms with van der Waals surface area (Å²) in [5.74, 6) is 1.06. The van der Waals surface area contributed by atoms with Gasteiger partial charge in [0.25, 0.3) is 0 Å². The van der Waals surface area contributed by atoms with Gasteiger partial charge in [0.15, 0.2) is 0 Å². The molecule has 5 heteroatoms. The highest BCUT2D eigenvalue weighted by molar-refractivity contribution is 4.89. The summed E-state index contributed by atoms with van der Waals surface area (Å²) < 4.78 is 2.15. The third kappa shape index (κ3) is 3.04. The Morgan fingerprint density at radius 2 is 2.41 bits per heavy atom. The summed E-state index contributed by atoms with van der Waals surface area (Å²) in [5, 5.41) is 11.7. The van der Waals surface area contributed by atoms with Crippen LogP contribution in [0.5, 0.6) is 0 Å². The Morgan fingerprint density at radius 1 is 1.59 bits per heavy atom. The minimum atomic E-state index is 0.429. The highest BCUT2D eigenvalue weighted by Gasteiger charge is 2.19. The topological polar surface area (TPSA) is 46.0 Å². The molecule has 96 valence electrons. The highest BCUT2D eigenvalue weighted by Crippen LogP contribution is 2.13. The van der Waals surface area contributed by atoms with Crippen LogP contribution in [-0.4, -0.2) is 45.8 Å². The standard InChI is InChI=1S/C12H23N5/c1-10(2)17-9-14-15-12(17)8-16(3)11-5-4-6-13-7-11/h9-11,13H,4-8H2,1-3H3. The first-order valence-corrected chi connectivity index (χ1v) is 6.48. The number of hydrogen-bond acceptors (Lipinski definition) is 4. The van der Waals surface area contributed by atoms with E-state index in [9.17, 15) is 0 Å². The van der Waals surface area contributed by atoms with Crippen molar-refractivity contribution < 1.29 is 0 Å². The number of aromatic nitrogens is 3. The minimum absolute atomic E-state index is 0.429. The Balaban J connectivity index is 1.97. The molecule has 1 unspecified atom stereocenters. The largest absolute Gasteiger partial charge is 0.315 e. The number of piperidine rings is 1. The van der Waals surface area contributed by atoms with E-state index in [1.165, 1.54) is 12.8 Å². The second kappa shape index (κ2) is 5.60. The van der Waals surface area contributed by atoms with E-state index in [-0.39, 0.29) is 0 Å². The van der Waals surface area contributed by atoms with Crippen molar-refractivity contribution >= 4 is 0 Å². The van der Waals surface area contributed by atoms with Crippen LogP contribution in [0, 0.1) is 0 Å². The van der Waals surface area contributed by atoms with Gasteiger partial charge in [0.05, 0.1) is 6.54 Å². The monoisotopic (exact) mass is 237 g/mol. The van der Waals surface area contributed by atoms with Crippen LogP contribution in [0.1, 0.15) is 38.6 Å². The molecular weight excluding hydrogens is 214 g/mol. The Hall–Kier alpha value is -0.940. The highest BCUT2D eigenvalue weighted by atomic mass is 15.3. The second-order valence-electron chi connectivity index (χ2n) is 5.16. The molecule has 17 heavy (non-hydrogen) atoms. The molecule has 0 spiro atoms. The lowest BCUT2D eigenvalue weighted by atomic mass is 10.1. The molecule has 2 heterocycles. The van der Waals surface area contributed by atoms with E-state index < -0.39 is 0 Å². The third-order valence-electron chi connectivity index (χ3n) is 3.49. The van der Waals surface area contributed by atoms with Gasteiger partial charge in [-0.05, 0) is 40.3 Å². The maximum absolute atomic E-state index is 4.22. The van der Waals surface area contributed by atoms with E-state index in [2.05, 4.69) is 45.9 Å². The lowest BCUT2D eigenvalue weighted by Crippen LogP contribution is -2.44. The molecule has 0 bridgehead atoms. The fourth-order valence-electron chi connectivity index (χ4n) is 2.37. The number of rotatable bonds is 4. The number of hydrogen-bond donors (Lipinski definition) is 1. The first-order valence-electron chi connectivity index (χ1n) is 6.48. The van der Waals surface area contributed by atoms with Crippen molar-refractivity contribution in [1.82, 2.24) is 25.0 Å². The maximum atomic E-state index is 4.22. The predicted octanol–water partition coefficient (Wildman–Crippen LogP) is 1.04. The fraction of sp³-hybridized carbons (Fsp3) is 0.833. The van der Waals surface area contributed by atoms with Gasteiger partial charge in [0, 0.05) is 18.6 Å². The van der Waals surface area contributed by atoms with Crippen LogP contribution in [0.25, 0.3) is 0 Å². The average Bonchev–Trinajstić information content (AvgIpc) is 2.78. The zero-order valence-corrected chi connectivity index (χ0v) is 11.1. The van der Waals surface area contributed by atoms with Gasteiger partial charge >= 0.3 is 0 Å². The molecule has 1 aliphatic rings. The molecule has 1 aliphatic heterocycles. The SMILES string of the molecule is CC(C)n1cnnc1CN(C)C1CCCNC1. The molecule has 0 amide bonds. The Morgan fingerprint density at radius 3 is 3.06 bits per heavy atom. The van der Waals surface area contributed by atoms with E-state index >= 15 is 0 Å². The summed E-state index contributed by atoms with van der Waals surface area (Å²) in [6.45, 7) is 7.45. The van der Waals surface area contributed by atoms with Gasteiger partial charge in [-0.3, -0.25) is 4.90 Å². The normalized spacial score (nSPS) is 21.4. The molecule has 1 aromatic rings. The van der Waals surface area contributed by atoms with Crippen molar-refractivity contribution in [2.45, 2.75) is 45.3 Å². The van der Waals surface area contributed by atoms with Crippen molar-refractivity contribution in [1.29, 1.82) is 0 Å². The second-order valence-corrected chi connectivity index (χ2v) is 5.16. The molecule has 0 aliphatic carbocycles. The number of likely N-dealkylation sites (N-methyl/N-ethyl adjacent to an activating group) is 1. The summed E-state index contributed by atoms with van der Waals surface area (Å²) >= 11 is 0. The molecule has 1 saturated heterocycles. The van der Waals surface area contributed by atoms with Crippen molar-refractivity contribution in [3.63, 3.8) is 0 Å². The average molecular weight is 237 g/mol. The molecular formula is C12H23N5. The van der Waals surface area contributed by atoms with Crippen molar-refractivity contribution in [2.24, 2.45) is 0 Å². The van der Waals surface area contributed by atoms with Gasteiger partial charge < -0.3 is 9.88 Å². The van der Waals surface area contributed by atoms with E-state index in [0.717, 1.165) is 25.5 Å². The molecule has 1 N–H and O–H groups in total. The smallest absolute Gasteiger partial charge is 0.147 e. The van der Waals surface area contributed by atoms with Crippen LogP contribution in [0.15, 0.2) is 6.33 Å². The summed E-state index contributed by atoms with van der Waals surface area (Å²) in [5.41, 5.74) is 0. The van der Waals surface area contributed by atoms with E-state index in [1.807, 2.05) is 6.33 Å². The van der Waals surface area contributed by atoms with Crippen LogP contribution in [0.4, 0.5) is 0 Å². The van der Waals surface area contributed by atoms with Crippen LogP contribution in [0.3, 0.4) is 0 Å². The zero-order chi connectivity index (χ0) is 12.3. The quantitative estimate of drug-likeness (QED) is 0.850. The minimum Gasteiger partial charge on any atom is -0.315 e. The Bertz CT molecular complexity index is 340. The van der Waals surface area contributed by atoms with Gasteiger partial charge in [-0.2, -0.15) is 0 Å². The molecule has 5 nitrogen and oxygen atoms in total. The molecule has 1 aromatic heterocycles. The van der Waals surface area contributed by atoms with Crippen molar-refractivity contribution in [3.05, 3.63) is 12.2 Å². The van der Waals surface area contributed by atoms with Crippen LogP contribution < -0.4 is 5.32 Å². The van der Waals surface area contributed by atoms with Gasteiger partial charge in [-0.25, -0.2) is 0 Å². The summed E-state index contributed by atoms with van der Waals surface area (Å²) in [6, 6.07) is 1.05. The Labute approximate surface area is 103 Å². The predicted molar refractivity (Wildman–Crippen MR) is 67.8 cm³/mol.